The van der Waals surface area contributed by atoms with E-state index in [1.165, 1.54) is 0 Å². The van der Waals surface area contributed by atoms with Crippen molar-refractivity contribution in [2.45, 2.75) is 13.0 Å². The molecule has 1 atom stereocenters. The van der Waals surface area contributed by atoms with Crippen molar-refractivity contribution in [3.05, 3.63) is 47.9 Å². The van der Waals surface area contributed by atoms with Crippen LogP contribution in [0.15, 0.2) is 40.8 Å². The third kappa shape index (κ3) is 2.29. The Balaban J connectivity index is 1.60. The molecular formula is C16H17N3O2. The SMILES string of the molecule is Cc1ccc(C2CN(c3nc4ccccc4[nH]3)CCO2)o1. The molecule has 0 aliphatic carbocycles. The van der Waals surface area contributed by atoms with E-state index in [4.69, 9.17) is 9.15 Å². The van der Waals surface area contributed by atoms with Gasteiger partial charge in [-0.2, -0.15) is 0 Å². The van der Waals surface area contributed by atoms with E-state index >= 15 is 0 Å². The second-order valence-corrected chi connectivity index (χ2v) is 5.33. The average molecular weight is 283 g/mol. The van der Waals surface area contributed by atoms with Crippen LogP contribution in [-0.2, 0) is 4.74 Å². The fourth-order valence-electron chi connectivity index (χ4n) is 2.73. The molecule has 21 heavy (non-hydrogen) atoms. The van der Waals surface area contributed by atoms with E-state index in [0.717, 1.165) is 41.6 Å². The summed E-state index contributed by atoms with van der Waals surface area (Å²) in [5.41, 5.74) is 2.05. The number of aromatic nitrogens is 2. The molecule has 2 aromatic heterocycles. The maximum atomic E-state index is 5.83. The van der Waals surface area contributed by atoms with Gasteiger partial charge >= 0.3 is 0 Å². The Morgan fingerprint density at radius 3 is 2.95 bits per heavy atom. The number of ether oxygens (including phenoxy) is 1. The topological polar surface area (TPSA) is 54.3 Å². The predicted octanol–water partition coefficient (Wildman–Crippen LogP) is 3.04. The van der Waals surface area contributed by atoms with Crippen molar-refractivity contribution in [2.75, 3.05) is 24.6 Å². The van der Waals surface area contributed by atoms with Crippen LogP contribution in [0.1, 0.15) is 17.6 Å². The van der Waals surface area contributed by atoms with Crippen LogP contribution in [0, 0.1) is 6.92 Å². The summed E-state index contributed by atoms with van der Waals surface area (Å²) in [6, 6.07) is 12.0. The zero-order chi connectivity index (χ0) is 14.2. The van der Waals surface area contributed by atoms with Crippen molar-refractivity contribution in [1.82, 2.24) is 9.97 Å². The highest BCUT2D eigenvalue weighted by Gasteiger charge is 2.26. The monoisotopic (exact) mass is 283 g/mol. The number of rotatable bonds is 2. The number of H-pyrrole nitrogens is 1. The molecule has 0 radical (unpaired) electrons. The number of furan rings is 1. The number of aromatic amines is 1. The Hall–Kier alpha value is -2.27. The number of fused-ring (bicyclic) bond motifs is 1. The van der Waals surface area contributed by atoms with E-state index in [1.54, 1.807) is 0 Å². The number of imidazole rings is 1. The highest BCUT2D eigenvalue weighted by molar-refractivity contribution is 5.77. The first-order chi connectivity index (χ1) is 10.3. The standard InChI is InChI=1S/C16H17N3O2/c1-11-6-7-14(21-11)15-10-19(8-9-20-15)16-17-12-4-2-3-5-13(12)18-16/h2-7,15H,8-10H2,1H3,(H,17,18). The minimum absolute atomic E-state index is 0.0411. The normalized spacial score (nSPS) is 19.3. The summed E-state index contributed by atoms with van der Waals surface area (Å²) in [5.74, 6) is 2.69. The van der Waals surface area contributed by atoms with Crippen LogP contribution in [0.4, 0.5) is 5.95 Å². The van der Waals surface area contributed by atoms with Gasteiger partial charge in [-0.3, -0.25) is 0 Å². The number of morpholine rings is 1. The Labute approximate surface area is 122 Å². The van der Waals surface area contributed by atoms with Crippen molar-refractivity contribution in [3.63, 3.8) is 0 Å². The van der Waals surface area contributed by atoms with E-state index in [2.05, 4.69) is 14.9 Å². The molecule has 1 aromatic carbocycles. The van der Waals surface area contributed by atoms with E-state index in [-0.39, 0.29) is 6.10 Å². The molecule has 0 saturated carbocycles. The van der Waals surface area contributed by atoms with E-state index < -0.39 is 0 Å². The van der Waals surface area contributed by atoms with Gasteiger partial charge in [0.25, 0.3) is 0 Å². The van der Waals surface area contributed by atoms with Crippen molar-refractivity contribution in [2.24, 2.45) is 0 Å². The summed E-state index contributed by atoms with van der Waals surface area (Å²) in [6.07, 6.45) is -0.0411. The minimum atomic E-state index is -0.0411. The van der Waals surface area contributed by atoms with E-state index in [0.29, 0.717) is 6.61 Å². The van der Waals surface area contributed by atoms with Crippen molar-refractivity contribution < 1.29 is 9.15 Å². The first-order valence-electron chi connectivity index (χ1n) is 7.17. The summed E-state index contributed by atoms with van der Waals surface area (Å²) >= 11 is 0. The van der Waals surface area contributed by atoms with Crippen molar-refractivity contribution >= 4 is 17.0 Å². The third-order valence-electron chi connectivity index (χ3n) is 3.82. The largest absolute Gasteiger partial charge is 0.464 e. The highest BCUT2D eigenvalue weighted by Crippen LogP contribution is 2.27. The Morgan fingerprint density at radius 2 is 2.14 bits per heavy atom. The molecule has 1 N–H and O–H groups in total. The molecule has 1 unspecified atom stereocenters. The molecule has 1 aliphatic rings. The molecule has 0 amide bonds. The van der Waals surface area contributed by atoms with Gasteiger partial charge in [0.2, 0.25) is 5.95 Å². The van der Waals surface area contributed by atoms with Gasteiger partial charge in [0.15, 0.2) is 0 Å². The minimum Gasteiger partial charge on any atom is -0.464 e. The van der Waals surface area contributed by atoms with Crippen LogP contribution in [0.3, 0.4) is 0 Å². The molecule has 4 rings (SSSR count). The van der Waals surface area contributed by atoms with Crippen LogP contribution < -0.4 is 4.90 Å². The molecule has 1 aliphatic heterocycles. The molecule has 3 aromatic rings. The fourth-order valence-corrected chi connectivity index (χ4v) is 2.73. The van der Waals surface area contributed by atoms with Gasteiger partial charge in [-0.1, -0.05) is 12.1 Å². The molecule has 0 bridgehead atoms. The van der Waals surface area contributed by atoms with Crippen molar-refractivity contribution in [3.8, 4) is 0 Å². The summed E-state index contributed by atoms with van der Waals surface area (Å²) in [4.78, 5) is 10.2. The number of hydrogen-bond acceptors (Lipinski definition) is 4. The average Bonchev–Trinajstić information content (AvgIpc) is 3.13. The molecule has 5 heteroatoms. The van der Waals surface area contributed by atoms with E-state index in [1.807, 2.05) is 43.3 Å². The number of nitrogens with one attached hydrogen (secondary N) is 1. The van der Waals surface area contributed by atoms with E-state index in [9.17, 15) is 0 Å². The van der Waals surface area contributed by atoms with Crippen LogP contribution in [0.2, 0.25) is 0 Å². The smallest absolute Gasteiger partial charge is 0.204 e. The number of para-hydroxylation sites is 2. The molecule has 108 valence electrons. The lowest BCUT2D eigenvalue weighted by Crippen LogP contribution is -2.38. The van der Waals surface area contributed by atoms with Gasteiger partial charge in [0.05, 0.1) is 24.2 Å². The van der Waals surface area contributed by atoms with Crippen molar-refractivity contribution in [1.29, 1.82) is 0 Å². The first-order valence-corrected chi connectivity index (χ1v) is 7.17. The molecule has 1 saturated heterocycles. The van der Waals surface area contributed by atoms with Crippen LogP contribution in [0.25, 0.3) is 11.0 Å². The first kappa shape index (κ1) is 12.5. The summed E-state index contributed by atoms with van der Waals surface area (Å²) in [7, 11) is 0. The molecule has 0 spiro atoms. The Bertz CT molecular complexity index is 729. The van der Waals surface area contributed by atoms with Gasteiger partial charge < -0.3 is 19.0 Å². The zero-order valence-electron chi connectivity index (χ0n) is 11.9. The van der Waals surface area contributed by atoms with Gasteiger partial charge in [0.1, 0.15) is 17.6 Å². The van der Waals surface area contributed by atoms with Crippen LogP contribution >= 0.6 is 0 Å². The third-order valence-corrected chi connectivity index (χ3v) is 3.82. The molecular weight excluding hydrogens is 266 g/mol. The Morgan fingerprint density at radius 1 is 1.24 bits per heavy atom. The maximum absolute atomic E-state index is 5.83. The lowest BCUT2D eigenvalue weighted by atomic mass is 10.2. The van der Waals surface area contributed by atoms with Crippen LogP contribution in [0.5, 0.6) is 0 Å². The number of hydrogen-bond donors (Lipinski definition) is 1. The quantitative estimate of drug-likeness (QED) is 0.785. The number of anilines is 1. The molecule has 5 nitrogen and oxygen atoms in total. The fraction of sp³-hybridized carbons (Fsp3) is 0.312. The lowest BCUT2D eigenvalue weighted by Gasteiger charge is -2.31. The number of aryl methyl sites for hydroxylation is 1. The Kier molecular flexibility index (Phi) is 2.93. The summed E-state index contributed by atoms with van der Waals surface area (Å²) in [6.45, 7) is 4.19. The second kappa shape index (κ2) is 4.93. The second-order valence-electron chi connectivity index (χ2n) is 5.33. The summed E-state index contributed by atoms with van der Waals surface area (Å²) in [5, 5.41) is 0. The van der Waals surface area contributed by atoms with Gasteiger partial charge in [-0.15, -0.1) is 0 Å². The molecule has 3 heterocycles. The number of nitrogens with zero attached hydrogens (tertiary/aromatic N) is 2. The zero-order valence-corrected chi connectivity index (χ0v) is 11.9. The lowest BCUT2D eigenvalue weighted by molar-refractivity contribution is 0.0248. The van der Waals surface area contributed by atoms with Gasteiger partial charge in [0, 0.05) is 6.54 Å². The van der Waals surface area contributed by atoms with Gasteiger partial charge in [-0.05, 0) is 31.2 Å². The predicted molar refractivity (Wildman–Crippen MR) is 80.4 cm³/mol. The number of benzene rings is 1. The maximum Gasteiger partial charge on any atom is 0.204 e. The highest BCUT2D eigenvalue weighted by atomic mass is 16.5. The molecule has 1 fully saturated rings. The summed E-state index contributed by atoms with van der Waals surface area (Å²) < 4.78 is 11.5. The van der Waals surface area contributed by atoms with Crippen LogP contribution in [-0.4, -0.2) is 29.7 Å². The van der Waals surface area contributed by atoms with Gasteiger partial charge in [-0.25, -0.2) is 4.98 Å².